The van der Waals surface area contributed by atoms with E-state index in [0.717, 1.165) is 0 Å². The summed E-state index contributed by atoms with van der Waals surface area (Å²) in [4.78, 5) is 0. The van der Waals surface area contributed by atoms with E-state index in [9.17, 15) is 0 Å². The van der Waals surface area contributed by atoms with Gasteiger partial charge in [0, 0.05) is 25.0 Å². The van der Waals surface area contributed by atoms with E-state index in [2.05, 4.69) is 42.8 Å². The zero-order valence-corrected chi connectivity index (χ0v) is 16.6. The van der Waals surface area contributed by atoms with Gasteiger partial charge in [-0.05, 0) is 12.8 Å². The second-order valence-electron chi connectivity index (χ2n) is 7.38. The predicted molar refractivity (Wildman–Crippen MR) is 106 cm³/mol. The van der Waals surface area contributed by atoms with Crippen molar-refractivity contribution in [2.45, 2.75) is 117 Å². The van der Waals surface area contributed by atoms with Gasteiger partial charge < -0.3 is 0 Å². The predicted octanol–water partition coefficient (Wildman–Crippen LogP) is 7.02. The molecular formula is C23H42N+. The number of unbranched alkanes of at least 4 members (excludes halogenated alkanes) is 12. The van der Waals surface area contributed by atoms with Crippen LogP contribution in [0.1, 0.15) is 109 Å². The molecule has 0 spiro atoms. The smallest absolute Gasteiger partial charge is 0.181 e. The van der Waals surface area contributed by atoms with Crippen LogP contribution in [0.2, 0.25) is 0 Å². The van der Waals surface area contributed by atoms with Crippen LogP contribution in [0.4, 0.5) is 0 Å². The SMILES string of the molecule is CCCCCCCCCC[n+]1ccccc1CCCCCCCC. The Kier molecular flexibility index (Phi) is 13.8. The largest absolute Gasteiger partial charge is 0.202 e. The van der Waals surface area contributed by atoms with Crippen molar-refractivity contribution in [3.05, 3.63) is 30.1 Å². The first-order valence-corrected chi connectivity index (χ1v) is 10.9. The van der Waals surface area contributed by atoms with Gasteiger partial charge in [-0.3, -0.25) is 0 Å². The number of aromatic nitrogens is 1. The van der Waals surface area contributed by atoms with Gasteiger partial charge in [-0.25, -0.2) is 4.57 Å². The molecule has 1 heterocycles. The van der Waals surface area contributed by atoms with E-state index in [1.807, 2.05) is 0 Å². The van der Waals surface area contributed by atoms with Crippen LogP contribution in [0.25, 0.3) is 0 Å². The molecule has 1 aromatic heterocycles. The summed E-state index contributed by atoms with van der Waals surface area (Å²) >= 11 is 0. The van der Waals surface area contributed by atoms with Crippen molar-refractivity contribution < 1.29 is 4.57 Å². The summed E-state index contributed by atoms with van der Waals surface area (Å²) in [6.07, 6.45) is 23.1. The summed E-state index contributed by atoms with van der Waals surface area (Å²) in [5.41, 5.74) is 1.54. The highest BCUT2D eigenvalue weighted by atomic mass is 14.9. The number of hydrogen-bond acceptors (Lipinski definition) is 0. The van der Waals surface area contributed by atoms with E-state index in [1.165, 1.54) is 109 Å². The monoisotopic (exact) mass is 332 g/mol. The Bertz CT molecular complexity index is 385. The van der Waals surface area contributed by atoms with Gasteiger partial charge in [0.2, 0.25) is 0 Å². The molecule has 0 aliphatic heterocycles. The lowest BCUT2D eigenvalue weighted by Crippen LogP contribution is -2.37. The van der Waals surface area contributed by atoms with Gasteiger partial charge in [0.15, 0.2) is 11.9 Å². The fourth-order valence-electron chi connectivity index (χ4n) is 3.46. The van der Waals surface area contributed by atoms with Crippen LogP contribution in [0.15, 0.2) is 24.4 Å². The van der Waals surface area contributed by atoms with Crippen molar-refractivity contribution >= 4 is 0 Å². The molecule has 1 heteroatoms. The van der Waals surface area contributed by atoms with Crippen molar-refractivity contribution in [1.29, 1.82) is 0 Å². The Morgan fingerprint density at radius 1 is 0.625 bits per heavy atom. The lowest BCUT2D eigenvalue weighted by atomic mass is 10.1. The van der Waals surface area contributed by atoms with Crippen LogP contribution in [0, 0.1) is 0 Å². The minimum Gasteiger partial charge on any atom is -0.202 e. The van der Waals surface area contributed by atoms with Gasteiger partial charge in [0.1, 0.15) is 6.54 Å². The summed E-state index contributed by atoms with van der Waals surface area (Å²) in [5, 5.41) is 0. The van der Waals surface area contributed by atoms with Crippen molar-refractivity contribution in [3.8, 4) is 0 Å². The Labute approximate surface area is 151 Å². The fourth-order valence-corrected chi connectivity index (χ4v) is 3.46. The minimum atomic E-state index is 1.21. The lowest BCUT2D eigenvalue weighted by molar-refractivity contribution is -0.704. The average Bonchev–Trinajstić information content (AvgIpc) is 2.61. The molecule has 138 valence electrons. The first-order chi connectivity index (χ1) is 11.9. The topological polar surface area (TPSA) is 3.88 Å². The molecule has 0 aliphatic rings. The number of aryl methyl sites for hydroxylation is 2. The van der Waals surface area contributed by atoms with Gasteiger partial charge in [-0.1, -0.05) is 90.5 Å². The van der Waals surface area contributed by atoms with Crippen LogP contribution < -0.4 is 4.57 Å². The van der Waals surface area contributed by atoms with E-state index in [0.29, 0.717) is 0 Å². The van der Waals surface area contributed by atoms with Crippen LogP contribution in [0.5, 0.6) is 0 Å². The molecule has 0 fully saturated rings. The van der Waals surface area contributed by atoms with Gasteiger partial charge in [0.25, 0.3) is 0 Å². The number of rotatable bonds is 16. The van der Waals surface area contributed by atoms with E-state index < -0.39 is 0 Å². The normalized spacial score (nSPS) is 11.1. The van der Waals surface area contributed by atoms with Gasteiger partial charge in [-0.2, -0.15) is 0 Å². The quantitative estimate of drug-likeness (QED) is 0.226. The Balaban J connectivity index is 2.14. The molecule has 0 aliphatic carbocycles. The summed E-state index contributed by atoms with van der Waals surface area (Å²) in [6.45, 7) is 5.79. The third-order valence-corrected chi connectivity index (χ3v) is 5.07. The first-order valence-electron chi connectivity index (χ1n) is 10.9. The van der Waals surface area contributed by atoms with Crippen LogP contribution in [-0.4, -0.2) is 0 Å². The molecule has 0 amide bonds. The highest BCUT2D eigenvalue weighted by Crippen LogP contribution is 2.10. The molecule has 0 unspecified atom stereocenters. The molecular weight excluding hydrogens is 290 g/mol. The van der Waals surface area contributed by atoms with E-state index >= 15 is 0 Å². The van der Waals surface area contributed by atoms with E-state index in [-0.39, 0.29) is 0 Å². The fraction of sp³-hybridized carbons (Fsp3) is 0.783. The van der Waals surface area contributed by atoms with E-state index in [1.54, 1.807) is 0 Å². The minimum absolute atomic E-state index is 1.21. The maximum atomic E-state index is 2.50. The van der Waals surface area contributed by atoms with Gasteiger partial charge in [-0.15, -0.1) is 0 Å². The molecule has 1 rings (SSSR count). The standard InChI is InChI=1S/C23H42N/c1-3-5-7-9-11-12-14-17-21-24-22-18-16-20-23(24)19-15-13-10-8-6-4-2/h16,18,20,22H,3-15,17,19,21H2,1-2H3/q+1. The van der Waals surface area contributed by atoms with E-state index in [4.69, 9.17) is 0 Å². The molecule has 24 heavy (non-hydrogen) atoms. The number of hydrogen-bond donors (Lipinski definition) is 0. The number of pyridine rings is 1. The Morgan fingerprint density at radius 2 is 1.17 bits per heavy atom. The summed E-state index contributed by atoms with van der Waals surface area (Å²) in [5.74, 6) is 0. The van der Waals surface area contributed by atoms with Crippen molar-refractivity contribution in [2.75, 3.05) is 0 Å². The van der Waals surface area contributed by atoms with Gasteiger partial charge >= 0.3 is 0 Å². The summed E-state index contributed by atoms with van der Waals surface area (Å²) in [7, 11) is 0. The third kappa shape index (κ3) is 10.8. The molecule has 0 bridgehead atoms. The van der Waals surface area contributed by atoms with Crippen LogP contribution in [0.3, 0.4) is 0 Å². The summed E-state index contributed by atoms with van der Waals surface area (Å²) < 4.78 is 2.50. The summed E-state index contributed by atoms with van der Waals surface area (Å²) in [6, 6.07) is 6.73. The second-order valence-corrected chi connectivity index (χ2v) is 7.38. The molecule has 1 aromatic rings. The molecule has 0 atom stereocenters. The van der Waals surface area contributed by atoms with Gasteiger partial charge in [0.05, 0.1) is 0 Å². The molecule has 0 saturated carbocycles. The highest BCUT2D eigenvalue weighted by molar-refractivity contribution is 4.97. The molecule has 0 aromatic carbocycles. The van der Waals surface area contributed by atoms with Crippen molar-refractivity contribution in [3.63, 3.8) is 0 Å². The Morgan fingerprint density at radius 3 is 1.79 bits per heavy atom. The molecule has 0 radical (unpaired) electrons. The van der Waals surface area contributed by atoms with Crippen molar-refractivity contribution in [2.24, 2.45) is 0 Å². The van der Waals surface area contributed by atoms with Crippen molar-refractivity contribution in [1.82, 2.24) is 0 Å². The third-order valence-electron chi connectivity index (χ3n) is 5.07. The Hall–Kier alpha value is -0.850. The van der Waals surface area contributed by atoms with Crippen LogP contribution in [-0.2, 0) is 13.0 Å². The molecule has 1 nitrogen and oxygen atoms in total. The highest BCUT2D eigenvalue weighted by Gasteiger charge is 2.08. The molecule has 0 saturated heterocycles. The lowest BCUT2D eigenvalue weighted by Gasteiger charge is -2.05. The maximum Gasteiger partial charge on any atom is 0.181 e. The second kappa shape index (κ2) is 15.7. The first kappa shape index (κ1) is 21.2. The zero-order chi connectivity index (χ0) is 17.3. The number of nitrogens with zero attached hydrogens (tertiary/aromatic N) is 1. The maximum absolute atomic E-state index is 2.50. The molecule has 0 N–H and O–H groups in total. The van der Waals surface area contributed by atoms with Crippen LogP contribution >= 0.6 is 0 Å². The average molecular weight is 333 g/mol. The zero-order valence-electron chi connectivity index (χ0n) is 16.6.